The number of rotatable bonds is 5. The maximum Gasteiger partial charge on any atom is 0.242 e. The van der Waals surface area contributed by atoms with Crippen molar-refractivity contribution in [3.63, 3.8) is 0 Å². The Balaban J connectivity index is 1.58. The molecule has 0 spiro atoms. The molecule has 4 rings (SSSR count). The van der Waals surface area contributed by atoms with Gasteiger partial charge in [-0.25, -0.2) is 13.1 Å². The van der Waals surface area contributed by atoms with Gasteiger partial charge in [-0.2, -0.15) is 0 Å². The number of halogens is 1. The molecule has 0 aliphatic carbocycles. The van der Waals surface area contributed by atoms with Gasteiger partial charge in [-0.05, 0) is 65.0 Å². The molecule has 0 fully saturated rings. The zero-order valence-corrected chi connectivity index (χ0v) is 19.2. The van der Waals surface area contributed by atoms with Crippen molar-refractivity contribution in [1.29, 1.82) is 0 Å². The van der Waals surface area contributed by atoms with E-state index in [1.807, 2.05) is 25.1 Å². The van der Waals surface area contributed by atoms with E-state index in [0.717, 1.165) is 11.1 Å². The minimum Gasteiger partial charge on any atom is -0.490 e. The van der Waals surface area contributed by atoms with Gasteiger partial charge in [-0.1, -0.05) is 12.1 Å². The molecular formula is C21H23BrN2O5S. The van der Waals surface area contributed by atoms with Crippen LogP contribution in [0.4, 0.5) is 5.69 Å². The van der Waals surface area contributed by atoms with Gasteiger partial charge in [0.1, 0.15) is 6.61 Å². The normalized spacial score (nSPS) is 17.8. The number of carbonyl (C=O) groups is 1. The van der Waals surface area contributed by atoms with E-state index in [1.54, 1.807) is 17.0 Å². The number of benzene rings is 2. The molecule has 2 aliphatic heterocycles. The van der Waals surface area contributed by atoms with E-state index in [9.17, 15) is 13.2 Å². The predicted octanol–water partition coefficient (Wildman–Crippen LogP) is 3.04. The fourth-order valence-electron chi connectivity index (χ4n) is 3.94. The van der Waals surface area contributed by atoms with E-state index in [-0.39, 0.29) is 17.4 Å². The Morgan fingerprint density at radius 3 is 2.87 bits per heavy atom. The Labute approximate surface area is 184 Å². The number of sulfonamides is 1. The van der Waals surface area contributed by atoms with Gasteiger partial charge in [-0.3, -0.25) is 4.79 Å². The number of ether oxygens (including phenoxy) is 2. The van der Waals surface area contributed by atoms with Gasteiger partial charge >= 0.3 is 0 Å². The molecule has 9 heteroatoms. The van der Waals surface area contributed by atoms with E-state index in [2.05, 4.69) is 20.7 Å². The van der Waals surface area contributed by atoms with Gasteiger partial charge < -0.3 is 14.4 Å². The molecule has 7 nitrogen and oxygen atoms in total. The van der Waals surface area contributed by atoms with E-state index < -0.39 is 16.1 Å². The highest BCUT2D eigenvalue weighted by molar-refractivity contribution is 9.10. The van der Waals surface area contributed by atoms with Crippen LogP contribution in [0.2, 0.25) is 0 Å². The topological polar surface area (TPSA) is 84.9 Å². The summed E-state index contributed by atoms with van der Waals surface area (Å²) in [6.45, 7) is 4.68. The maximum absolute atomic E-state index is 13.2. The Bertz CT molecular complexity index is 1100. The number of hydrogen-bond acceptors (Lipinski definition) is 5. The third kappa shape index (κ3) is 3.93. The van der Waals surface area contributed by atoms with Crippen LogP contribution in [0.1, 0.15) is 25.0 Å². The zero-order valence-electron chi connectivity index (χ0n) is 16.8. The van der Waals surface area contributed by atoms with Crippen LogP contribution in [0.3, 0.4) is 0 Å². The van der Waals surface area contributed by atoms with Gasteiger partial charge in [-0.15, -0.1) is 0 Å². The van der Waals surface area contributed by atoms with E-state index in [4.69, 9.17) is 9.47 Å². The van der Waals surface area contributed by atoms with Gasteiger partial charge in [0.05, 0.1) is 17.5 Å². The Hall–Kier alpha value is -2.10. The summed E-state index contributed by atoms with van der Waals surface area (Å²) in [6.07, 6.45) is 1.20. The highest BCUT2D eigenvalue weighted by atomic mass is 79.9. The molecular weight excluding hydrogens is 472 g/mol. The van der Waals surface area contributed by atoms with Gasteiger partial charge in [0.2, 0.25) is 15.9 Å². The second kappa shape index (κ2) is 8.20. The highest BCUT2D eigenvalue weighted by Gasteiger charge is 2.31. The molecule has 1 N–H and O–H groups in total. The summed E-state index contributed by atoms with van der Waals surface area (Å²) >= 11 is 3.39. The number of nitrogens with one attached hydrogen (secondary N) is 1. The predicted molar refractivity (Wildman–Crippen MR) is 117 cm³/mol. The number of carbonyl (C=O) groups excluding carboxylic acids is 1. The summed E-state index contributed by atoms with van der Waals surface area (Å²) in [7, 11) is -3.83. The molecule has 0 saturated heterocycles. The summed E-state index contributed by atoms with van der Waals surface area (Å²) in [5, 5.41) is 0. The monoisotopic (exact) mass is 494 g/mol. The first-order chi connectivity index (χ1) is 14.3. The molecule has 2 aromatic rings. The Morgan fingerprint density at radius 1 is 1.33 bits per heavy atom. The summed E-state index contributed by atoms with van der Waals surface area (Å²) in [6, 6.07) is 8.57. The zero-order chi connectivity index (χ0) is 21.5. The summed E-state index contributed by atoms with van der Waals surface area (Å²) in [5.41, 5.74) is 2.50. The van der Waals surface area contributed by atoms with Crippen LogP contribution in [-0.4, -0.2) is 40.1 Å². The van der Waals surface area contributed by atoms with E-state index in [1.165, 1.54) is 6.92 Å². The molecule has 1 atom stereocenters. The van der Waals surface area contributed by atoms with Crippen molar-refractivity contribution in [1.82, 2.24) is 4.72 Å². The molecule has 30 heavy (non-hydrogen) atoms. The third-order valence-corrected chi connectivity index (χ3v) is 7.75. The first-order valence-corrected chi connectivity index (χ1v) is 12.1. The number of anilines is 1. The van der Waals surface area contributed by atoms with Crippen molar-refractivity contribution >= 4 is 37.5 Å². The summed E-state index contributed by atoms with van der Waals surface area (Å²) < 4.78 is 41.0. The quantitative estimate of drug-likeness (QED) is 0.690. The maximum atomic E-state index is 13.2. The third-order valence-electron chi connectivity index (χ3n) is 5.28. The first-order valence-electron chi connectivity index (χ1n) is 9.80. The van der Waals surface area contributed by atoms with Crippen LogP contribution >= 0.6 is 15.9 Å². The SMILES string of the molecule is CCOc1cccc2c1OC[C@@H](NS(=O)(=O)c1cc3c(cc1Br)CCN3C(C)=O)C2. The van der Waals surface area contributed by atoms with Crippen LogP contribution < -0.4 is 19.1 Å². The average molecular weight is 495 g/mol. The lowest BCUT2D eigenvalue weighted by atomic mass is 10.0. The molecule has 2 aliphatic rings. The van der Waals surface area contributed by atoms with Crippen molar-refractivity contribution < 1.29 is 22.7 Å². The van der Waals surface area contributed by atoms with Crippen LogP contribution in [-0.2, 0) is 27.7 Å². The average Bonchev–Trinajstić information content (AvgIpc) is 3.10. The van der Waals surface area contributed by atoms with Crippen LogP contribution in [0.5, 0.6) is 11.5 Å². The molecule has 0 unspecified atom stereocenters. The van der Waals surface area contributed by atoms with Crippen molar-refractivity contribution in [2.24, 2.45) is 0 Å². The summed E-state index contributed by atoms with van der Waals surface area (Å²) in [4.78, 5) is 13.6. The lowest BCUT2D eigenvalue weighted by molar-refractivity contribution is -0.116. The van der Waals surface area contributed by atoms with Crippen LogP contribution in [0.15, 0.2) is 39.7 Å². The lowest BCUT2D eigenvalue weighted by Crippen LogP contribution is -2.42. The number of fused-ring (bicyclic) bond motifs is 2. The molecule has 2 heterocycles. The molecule has 160 valence electrons. The molecule has 0 radical (unpaired) electrons. The number of nitrogens with zero attached hydrogens (tertiary/aromatic N) is 1. The van der Waals surface area contributed by atoms with Crippen molar-refractivity contribution in [3.05, 3.63) is 45.9 Å². The molecule has 2 aromatic carbocycles. The first kappa shape index (κ1) is 21.1. The van der Waals surface area contributed by atoms with Crippen molar-refractivity contribution in [2.75, 3.05) is 24.7 Å². The van der Waals surface area contributed by atoms with E-state index in [0.29, 0.717) is 47.7 Å². The Kier molecular flexibility index (Phi) is 5.78. The largest absolute Gasteiger partial charge is 0.490 e. The molecule has 0 bridgehead atoms. The Morgan fingerprint density at radius 2 is 2.13 bits per heavy atom. The van der Waals surface area contributed by atoms with Crippen LogP contribution in [0, 0.1) is 0 Å². The van der Waals surface area contributed by atoms with Gasteiger partial charge in [0.15, 0.2) is 11.5 Å². The number of hydrogen-bond donors (Lipinski definition) is 1. The lowest BCUT2D eigenvalue weighted by Gasteiger charge is -2.27. The smallest absolute Gasteiger partial charge is 0.242 e. The minimum atomic E-state index is -3.83. The molecule has 0 saturated carbocycles. The summed E-state index contributed by atoms with van der Waals surface area (Å²) in [5.74, 6) is 1.24. The standard InChI is InChI=1S/C21H23BrN2O5S/c1-3-28-19-6-4-5-15-9-16(12-29-21(15)19)23-30(26,27)20-11-18-14(10-17(20)22)7-8-24(18)13(2)25/h4-6,10-11,16,23H,3,7-9,12H2,1-2H3/t16-/m0/s1. The van der Waals surface area contributed by atoms with Crippen LogP contribution in [0.25, 0.3) is 0 Å². The van der Waals surface area contributed by atoms with E-state index >= 15 is 0 Å². The fourth-order valence-corrected chi connectivity index (χ4v) is 6.27. The second-order valence-electron chi connectivity index (χ2n) is 7.34. The fraction of sp³-hybridized carbons (Fsp3) is 0.381. The van der Waals surface area contributed by atoms with Crippen molar-refractivity contribution in [3.8, 4) is 11.5 Å². The highest BCUT2D eigenvalue weighted by Crippen LogP contribution is 2.37. The van der Waals surface area contributed by atoms with Crippen molar-refractivity contribution in [2.45, 2.75) is 37.6 Å². The molecule has 0 aromatic heterocycles. The molecule has 1 amide bonds. The minimum absolute atomic E-state index is 0.102. The number of para-hydroxylation sites is 1. The number of amides is 1. The van der Waals surface area contributed by atoms with Gasteiger partial charge in [0, 0.05) is 23.6 Å². The second-order valence-corrected chi connectivity index (χ2v) is 9.88. The van der Waals surface area contributed by atoms with Gasteiger partial charge in [0.25, 0.3) is 0 Å².